The first-order chi connectivity index (χ1) is 11.6. The van der Waals surface area contributed by atoms with Gasteiger partial charge in [-0.05, 0) is 50.9 Å². The highest BCUT2D eigenvalue weighted by molar-refractivity contribution is 14.0. The predicted molar refractivity (Wildman–Crippen MR) is 115 cm³/mol. The zero-order valence-corrected chi connectivity index (χ0v) is 18.4. The van der Waals surface area contributed by atoms with E-state index in [1.807, 2.05) is 0 Å². The van der Waals surface area contributed by atoms with Gasteiger partial charge in [0.1, 0.15) is 0 Å². The molecule has 0 unspecified atom stereocenters. The Bertz CT molecular complexity index is 545. The van der Waals surface area contributed by atoms with Gasteiger partial charge in [-0.1, -0.05) is 18.1 Å². The van der Waals surface area contributed by atoms with Crippen LogP contribution in [-0.2, 0) is 10.0 Å². The lowest BCUT2D eigenvalue weighted by Gasteiger charge is -2.25. The molecule has 0 amide bonds. The van der Waals surface area contributed by atoms with Crippen LogP contribution in [0.2, 0.25) is 0 Å². The lowest BCUT2D eigenvalue weighted by atomic mass is 9.86. The maximum absolute atomic E-state index is 11.9. The monoisotopic (exact) mass is 484 g/mol. The van der Waals surface area contributed by atoms with Gasteiger partial charge in [-0.2, -0.15) is 0 Å². The van der Waals surface area contributed by atoms with E-state index in [1.165, 1.54) is 37.7 Å². The Kier molecular flexibility index (Phi) is 11.0. The smallest absolute Gasteiger partial charge is 0.213 e. The van der Waals surface area contributed by atoms with Crippen LogP contribution in [-0.4, -0.2) is 46.8 Å². The first-order valence-electron chi connectivity index (χ1n) is 9.19. The van der Waals surface area contributed by atoms with Gasteiger partial charge < -0.3 is 10.6 Å². The van der Waals surface area contributed by atoms with Gasteiger partial charge >= 0.3 is 0 Å². The summed E-state index contributed by atoms with van der Waals surface area (Å²) in [5.41, 5.74) is 1.52. The second-order valence-corrected chi connectivity index (χ2v) is 8.67. The fraction of sp³-hybridized carbons (Fsp3) is 0.824. The van der Waals surface area contributed by atoms with Crippen molar-refractivity contribution < 1.29 is 8.42 Å². The molecule has 25 heavy (non-hydrogen) atoms. The largest absolute Gasteiger partial charge is 0.356 e. The molecular formula is C17H33IN4O2S. The molecule has 6 nitrogen and oxygen atoms in total. The minimum Gasteiger partial charge on any atom is -0.356 e. The van der Waals surface area contributed by atoms with Crippen molar-refractivity contribution >= 4 is 40.0 Å². The van der Waals surface area contributed by atoms with E-state index in [0.717, 1.165) is 25.8 Å². The molecule has 0 heterocycles. The SMILES string of the molecule is CN=C(NCCC1=CCCCC1)NCCS(=O)(=O)NCC1CCC1.I. The molecule has 0 aromatic heterocycles. The van der Waals surface area contributed by atoms with Crippen molar-refractivity contribution in [3.8, 4) is 0 Å². The Labute approximate surface area is 169 Å². The van der Waals surface area contributed by atoms with Crippen LogP contribution in [0.15, 0.2) is 16.6 Å². The molecule has 0 bridgehead atoms. The third-order valence-corrected chi connectivity index (χ3v) is 6.18. The summed E-state index contributed by atoms with van der Waals surface area (Å²) >= 11 is 0. The van der Waals surface area contributed by atoms with Crippen LogP contribution in [0.3, 0.4) is 0 Å². The van der Waals surface area contributed by atoms with Crippen LogP contribution in [0.1, 0.15) is 51.4 Å². The van der Waals surface area contributed by atoms with Gasteiger partial charge in [0.25, 0.3) is 0 Å². The summed E-state index contributed by atoms with van der Waals surface area (Å²) in [6.45, 7) is 1.78. The summed E-state index contributed by atoms with van der Waals surface area (Å²) in [4.78, 5) is 4.15. The summed E-state index contributed by atoms with van der Waals surface area (Å²) in [6.07, 6.45) is 11.9. The molecule has 0 saturated heterocycles. The zero-order chi connectivity index (χ0) is 17.3. The topological polar surface area (TPSA) is 82.6 Å². The van der Waals surface area contributed by atoms with E-state index in [0.29, 0.717) is 25.0 Å². The number of hydrogen-bond donors (Lipinski definition) is 3. The predicted octanol–water partition coefficient (Wildman–Crippen LogP) is 2.38. The quantitative estimate of drug-likeness (QED) is 0.203. The van der Waals surface area contributed by atoms with E-state index in [-0.39, 0.29) is 29.7 Å². The number of allylic oxidation sites excluding steroid dienone is 1. The first-order valence-corrected chi connectivity index (χ1v) is 10.8. The van der Waals surface area contributed by atoms with Gasteiger partial charge in [0.15, 0.2) is 5.96 Å². The summed E-state index contributed by atoms with van der Waals surface area (Å²) in [5, 5.41) is 6.33. The number of rotatable bonds is 9. The fourth-order valence-electron chi connectivity index (χ4n) is 3.01. The van der Waals surface area contributed by atoms with Gasteiger partial charge in [-0.3, -0.25) is 4.99 Å². The molecule has 2 aliphatic carbocycles. The Hall–Kier alpha value is -0.350. The number of halogens is 1. The van der Waals surface area contributed by atoms with Crippen molar-refractivity contribution in [3.63, 3.8) is 0 Å². The molecule has 0 atom stereocenters. The fourth-order valence-corrected chi connectivity index (χ4v) is 4.02. The summed E-state index contributed by atoms with van der Waals surface area (Å²) in [6, 6.07) is 0. The Morgan fingerprint density at radius 1 is 1.20 bits per heavy atom. The molecule has 1 fully saturated rings. The Morgan fingerprint density at radius 3 is 2.56 bits per heavy atom. The van der Waals surface area contributed by atoms with Crippen LogP contribution in [0.4, 0.5) is 0 Å². The van der Waals surface area contributed by atoms with Crippen molar-refractivity contribution in [2.75, 3.05) is 32.4 Å². The summed E-state index contributed by atoms with van der Waals surface area (Å²) in [5.74, 6) is 1.28. The summed E-state index contributed by atoms with van der Waals surface area (Å²) in [7, 11) is -1.49. The van der Waals surface area contributed by atoms with E-state index in [2.05, 4.69) is 26.4 Å². The van der Waals surface area contributed by atoms with Gasteiger partial charge in [-0.25, -0.2) is 13.1 Å². The van der Waals surface area contributed by atoms with Crippen LogP contribution >= 0.6 is 24.0 Å². The number of aliphatic imine (C=N–C) groups is 1. The lowest BCUT2D eigenvalue weighted by molar-refractivity contribution is 0.316. The first kappa shape index (κ1) is 22.7. The van der Waals surface area contributed by atoms with Crippen LogP contribution in [0, 0.1) is 5.92 Å². The second-order valence-electron chi connectivity index (χ2n) is 6.75. The number of guanidine groups is 1. The average Bonchev–Trinajstić information content (AvgIpc) is 2.52. The van der Waals surface area contributed by atoms with Crippen molar-refractivity contribution in [2.45, 2.75) is 51.4 Å². The highest BCUT2D eigenvalue weighted by Gasteiger charge is 2.20. The molecule has 8 heteroatoms. The summed E-state index contributed by atoms with van der Waals surface area (Å²) < 4.78 is 26.6. The molecule has 0 aromatic carbocycles. The highest BCUT2D eigenvalue weighted by Crippen LogP contribution is 2.25. The van der Waals surface area contributed by atoms with E-state index in [9.17, 15) is 8.42 Å². The molecule has 2 rings (SSSR count). The molecule has 1 saturated carbocycles. The molecule has 0 spiro atoms. The van der Waals surface area contributed by atoms with E-state index in [4.69, 9.17) is 0 Å². The number of sulfonamides is 1. The maximum Gasteiger partial charge on any atom is 0.213 e. The normalized spacial score (nSPS) is 18.8. The van der Waals surface area contributed by atoms with Crippen molar-refractivity contribution in [3.05, 3.63) is 11.6 Å². The molecule has 3 N–H and O–H groups in total. The highest BCUT2D eigenvalue weighted by atomic mass is 127. The van der Waals surface area contributed by atoms with Gasteiger partial charge in [-0.15, -0.1) is 24.0 Å². The Morgan fingerprint density at radius 2 is 1.96 bits per heavy atom. The Balaban J connectivity index is 0.00000312. The lowest BCUT2D eigenvalue weighted by Crippen LogP contribution is -2.42. The molecule has 0 aliphatic heterocycles. The van der Waals surface area contributed by atoms with Gasteiger partial charge in [0.05, 0.1) is 5.75 Å². The number of hydrogen-bond acceptors (Lipinski definition) is 3. The van der Waals surface area contributed by atoms with Crippen LogP contribution in [0.25, 0.3) is 0 Å². The van der Waals surface area contributed by atoms with Crippen LogP contribution in [0.5, 0.6) is 0 Å². The van der Waals surface area contributed by atoms with Crippen molar-refractivity contribution in [1.29, 1.82) is 0 Å². The molecule has 146 valence electrons. The van der Waals surface area contributed by atoms with E-state index >= 15 is 0 Å². The molecule has 0 radical (unpaired) electrons. The average molecular weight is 484 g/mol. The minimum absolute atomic E-state index is 0. The zero-order valence-electron chi connectivity index (χ0n) is 15.2. The second kappa shape index (κ2) is 12.1. The van der Waals surface area contributed by atoms with Crippen LogP contribution < -0.4 is 15.4 Å². The maximum atomic E-state index is 11.9. The third kappa shape index (κ3) is 9.23. The van der Waals surface area contributed by atoms with Gasteiger partial charge in [0, 0.05) is 26.7 Å². The van der Waals surface area contributed by atoms with E-state index < -0.39 is 10.0 Å². The molecular weight excluding hydrogens is 451 g/mol. The standard InChI is InChI=1S/C17H32N4O2S.HI/c1-18-17(19-11-10-15-6-3-2-4-7-15)20-12-13-24(22,23)21-14-16-8-5-9-16;/h6,16,21H,2-5,7-14H2,1H3,(H2,18,19,20);1H. The van der Waals surface area contributed by atoms with Crippen molar-refractivity contribution in [1.82, 2.24) is 15.4 Å². The minimum atomic E-state index is -3.20. The molecule has 2 aliphatic rings. The van der Waals surface area contributed by atoms with Crippen molar-refractivity contribution in [2.24, 2.45) is 10.9 Å². The molecule has 0 aromatic rings. The number of nitrogens with zero attached hydrogens (tertiary/aromatic N) is 1. The third-order valence-electron chi connectivity index (χ3n) is 4.83. The number of nitrogens with one attached hydrogen (secondary N) is 3. The van der Waals surface area contributed by atoms with E-state index in [1.54, 1.807) is 7.05 Å². The van der Waals surface area contributed by atoms with Gasteiger partial charge in [0.2, 0.25) is 10.0 Å².